The third-order valence-electron chi connectivity index (χ3n) is 3.48. The van der Waals surface area contributed by atoms with Crippen LogP contribution in [0.1, 0.15) is 32.8 Å². The van der Waals surface area contributed by atoms with Gasteiger partial charge in [0.05, 0.1) is 17.3 Å². The minimum Gasteiger partial charge on any atom is -0.380 e. The standard InChI is InChI=1S/C16H27ClN2O/c1-4-14(18)12-13-8-7-9-15(17)16(13)19(5-2)10-11-20-6-3/h7-9,14H,4-6,10-12,18H2,1-3H3. The molecular weight excluding hydrogens is 272 g/mol. The predicted molar refractivity (Wildman–Crippen MR) is 87.8 cm³/mol. The second-order valence-corrected chi connectivity index (χ2v) is 5.30. The molecule has 1 unspecified atom stereocenters. The maximum absolute atomic E-state index is 6.42. The van der Waals surface area contributed by atoms with Crippen LogP contribution < -0.4 is 10.6 Å². The number of likely N-dealkylation sites (N-methyl/N-ethyl adjacent to an activating group) is 1. The van der Waals surface area contributed by atoms with Crippen LogP contribution in [0.15, 0.2) is 18.2 Å². The molecule has 20 heavy (non-hydrogen) atoms. The van der Waals surface area contributed by atoms with Gasteiger partial charge in [-0.05, 0) is 38.3 Å². The molecule has 0 bridgehead atoms. The number of nitrogens with two attached hydrogens (primary N) is 1. The van der Waals surface area contributed by atoms with Crippen molar-refractivity contribution in [3.63, 3.8) is 0 Å². The molecule has 0 radical (unpaired) electrons. The van der Waals surface area contributed by atoms with Gasteiger partial charge < -0.3 is 15.4 Å². The van der Waals surface area contributed by atoms with Gasteiger partial charge in [0.2, 0.25) is 0 Å². The molecule has 1 aromatic rings. The highest BCUT2D eigenvalue weighted by atomic mass is 35.5. The number of hydrogen-bond acceptors (Lipinski definition) is 3. The van der Waals surface area contributed by atoms with Gasteiger partial charge in [0, 0.05) is 25.7 Å². The van der Waals surface area contributed by atoms with E-state index < -0.39 is 0 Å². The van der Waals surface area contributed by atoms with Crippen molar-refractivity contribution in [3.05, 3.63) is 28.8 Å². The maximum atomic E-state index is 6.42. The molecule has 1 atom stereocenters. The minimum atomic E-state index is 0.179. The van der Waals surface area contributed by atoms with Gasteiger partial charge >= 0.3 is 0 Å². The van der Waals surface area contributed by atoms with E-state index in [0.29, 0.717) is 0 Å². The van der Waals surface area contributed by atoms with Crippen LogP contribution in [0.5, 0.6) is 0 Å². The van der Waals surface area contributed by atoms with E-state index in [1.165, 1.54) is 5.56 Å². The topological polar surface area (TPSA) is 38.5 Å². The molecule has 4 heteroatoms. The van der Waals surface area contributed by atoms with Crippen molar-refractivity contribution in [2.45, 2.75) is 39.7 Å². The van der Waals surface area contributed by atoms with Gasteiger partial charge in [0.1, 0.15) is 0 Å². The minimum absolute atomic E-state index is 0.179. The van der Waals surface area contributed by atoms with Crippen LogP contribution >= 0.6 is 11.6 Å². The van der Waals surface area contributed by atoms with Crippen LogP contribution in [0.25, 0.3) is 0 Å². The Labute approximate surface area is 128 Å². The van der Waals surface area contributed by atoms with E-state index in [4.69, 9.17) is 22.1 Å². The summed E-state index contributed by atoms with van der Waals surface area (Å²) >= 11 is 6.42. The van der Waals surface area contributed by atoms with E-state index in [-0.39, 0.29) is 6.04 Å². The normalized spacial score (nSPS) is 12.4. The van der Waals surface area contributed by atoms with Gasteiger partial charge in [-0.3, -0.25) is 0 Å². The summed E-state index contributed by atoms with van der Waals surface area (Å²) in [6.07, 6.45) is 1.83. The fraction of sp³-hybridized carbons (Fsp3) is 0.625. The van der Waals surface area contributed by atoms with Crippen molar-refractivity contribution in [1.82, 2.24) is 0 Å². The summed E-state index contributed by atoms with van der Waals surface area (Å²) in [5, 5.41) is 0.796. The van der Waals surface area contributed by atoms with Gasteiger partial charge in [0.25, 0.3) is 0 Å². The van der Waals surface area contributed by atoms with E-state index in [9.17, 15) is 0 Å². The average Bonchev–Trinajstić information content (AvgIpc) is 2.45. The van der Waals surface area contributed by atoms with Crippen LogP contribution in [0.2, 0.25) is 5.02 Å². The van der Waals surface area contributed by atoms with Crippen molar-refractivity contribution in [3.8, 4) is 0 Å². The number of halogens is 1. The van der Waals surface area contributed by atoms with Gasteiger partial charge in [-0.25, -0.2) is 0 Å². The molecule has 0 spiro atoms. The Hall–Kier alpha value is -0.770. The Balaban J connectivity index is 2.93. The summed E-state index contributed by atoms with van der Waals surface area (Å²) < 4.78 is 5.46. The first kappa shape index (κ1) is 17.3. The van der Waals surface area contributed by atoms with Crippen molar-refractivity contribution in [2.24, 2.45) is 5.73 Å². The summed E-state index contributed by atoms with van der Waals surface area (Å²) in [5.74, 6) is 0. The molecule has 0 aromatic heterocycles. The summed E-state index contributed by atoms with van der Waals surface area (Å²) in [6.45, 7) is 9.48. The smallest absolute Gasteiger partial charge is 0.0642 e. The van der Waals surface area contributed by atoms with Gasteiger partial charge in [-0.15, -0.1) is 0 Å². The lowest BCUT2D eigenvalue weighted by atomic mass is 10.0. The van der Waals surface area contributed by atoms with E-state index >= 15 is 0 Å². The largest absolute Gasteiger partial charge is 0.380 e. The Bertz CT molecular complexity index is 398. The lowest BCUT2D eigenvalue weighted by Gasteiger charge is -2.27. The van der Waals surface area contributed by atoms with Gasteiger partial charge in [-0.1, -0.05) is 30.7 Å². The van der Waals surface area contributed by atoms with Crippen LogP contribution in [-0.2, 0) is 11.2 Å². The fourth-order valence-corrected chi connectivity index (χ4v) is 2.57. The molecule has 0 aliphatic heterocycles. The summed E-state index contributed by atoms with van der Waals surface area (Å²) in [4.78, 5) is 2.27. The second kappa shape index (κ2) is 9.22. The quantitative estimate of drug-likeness (QED) is 0.709. The number of anilines is 1. The average molecular weight is 299 g/mol. The molecule has 2 N–H and O–H groups in total. The first-order valence-electron chi connectivity index (χ1n) is 7.49. The van der Waals surface area contributed by atoms with Crippen molar-refractivity contribution < 1.29 is 4.74 Å². The molecule has 0 heterocycles. The first-order valence-corrected chi connectivity index (χ1v) is 7.87. The van der Waals surface area contributed by atoms with Crippen molar-refractivity contribution in [1.29, 1.82) is 0 Å². The molecule has 0 saturated carbocycles. The molecular formula is C16H27ClN2O. The third-order valence-corrected chi connectivity index (χ3v) is 3.79. The molecule has 114 valence electrons. The number of nitrogens with zero attached hydrogens (tertiary/aromatic N) is 1. The van der Waals surface area contributed by atoms with E-state index in [0.717, 1.165) is 49.9 Å². The third kappa shape index (κ3) is 4.97. The SMILES string of the molecule is CCOCCN(CC)c1c(Cl)cccc1CC(N)CC. The van der Waals surface area contributed by atoms with E-state index in [1.54, 1.807) is 0 Å². The van der Waals surface area contributed by atoms with Crippen LogP contribution in [0, 0.1) is 0 Å². The molecule has 1 aromatic carbocycles. The summed E-state index contributed by atoms with van der Waals surface area (Å²) in [5.41, 5.74) is 8.44. The highest BCUT2D eigenvalue weighted by Gasteiger charge is 2.15. The molecule has 3 nitrogen and oxygen atoms in total. The number of para-hydroxylation sites is 1. The van der Waals surface area contributed by atoms with Crippen molar-refractivity contribution in [2.75, 3.05) is 31.2 Å². The van der Waals surface area contributed by atoms with Crippen LogP contribution in [0.4, 0.5) is 5.69 Å². The zero-order chi connectivity index (χ0) is 15.0. The first-order chi connectivity index (χ1) is 9.63. The maximum Gasteiger partial charge on any atom is 0.0642 e. The Morgan fingerprint density at radius 3 is 2.65 bits per heavy atom. The molecule has 0 aliphatic carbocycles. The Kier molecular flexibility index (Phi) is 7.97. The zero-order valence-electron chi connectivity index (χ0n) is 12.9. The van der Waals surface area contributed by atoms with E-state index in [1.807, 2.05) is 19.1 Å². The summed E-state index contributed by atoms with van der Waals surface area (Å²) in [7, 11) is 0. The number of ether oxygens (including phenoxy) is 1. The fourth-order valence-electron chi connectivity index (χ4n) is 2.25. The van der Waals surface area contributed by atoms with Crippen molar-refractivity contribution >= 4 is 17.3 Å². The molecule has 0 saturated heterocycles. The number of hydrogen-bond donors (Lipinski definition) is 1. The van der Waals surface area contributed by atoms with Gasteiger partial charge in [0.15, 0.2) is 0 Å². The lowest BCUT2D eigenvalue weighted by molar-refractivity contribution is 0.154. The monoisotopic (exact) mass is 298 g/mol. The van der Waals surface area contributed by atoms with Crippen LogP contribution in [0.3, 0.4) is 0 Å². The molecule has 0 aliphatic rings. The summed E-state index contributed by atoms with van der Waals surface area (Å²) in [6, 6.07) is 6.25. The lowest BCUT2D eigenvalue weighted by Crippen LogP contribution is -2.30. The highest BCUT2D eigenvalue weighted by molar-refractivity contribution is 6.33. The number of rotatable bonds is 9. The Morgan fingerprint density at radius 2 is 2.05 bits per heavy atom. The highest BCUT2D eigenvalue weighted by Crippen LogP contribution is 2.30. The molecule has 1 rings (SSSR count). The zero-order valence-corrected chi connectivity index (χ0v) is 13.6. The molecule has 0 amide bonds. The molecule has 0 fully saturated rings. The number of benzene rings is 1. The predicted octanol–water partition coefficient (Wildman–Crippen LogP) is 3.48. The second-order valence-electron chi connectivity index (χ2n) is 4.90. The van der Waals surface area contributed by atoms with Crippen LogP contribution in [-0.4, -0.2) is 32.3 Å². The van der Waals surface area contributed by atoms with E-state index in [2.05, 4.69) is 24.8 Å². The Morgan fingerprint density at radius 1 is 1.30 bits per heavy atom. The van der Waals surface area contributed by atoms with Gasteiger partial charge in [-0.2, -0.15) is 0 Å².